The van der Waals surface area contributed by atoms with Crippen molar-refractivity contribution in [3.63, 3.8) is 0 Å². The zero-order valence-electron chi connectivity index (χ0n) is 21.7. The first-order chi connectivity index (χ1) is 17.5. The van der Waals surface area contributed by atoms with E-state index in [2.05, 4.69) is 65.1 Å². The monoisotopic (exact) mass is 518 g/mol. The highest BCUT2D eigenvalue weighted by atomic mass is 35.5. The number of hydrogen-bond acceptors (Lipinski definition) is 5. The Morgan fingerprint density at radius 3 is 2.57 bits per heavy atom. The summed E-state index contributed by atoms with van der Waals surface area (Å²) >= 11 is 0. The number of anilines is 1. The summed E-state index contributed by atoms with van der Waals surface area (Å²) in [7, 11) is 0. The van der Waals surface area contributed by atoms with E-state index >= 15 is 0 Å². The Morgan fingerprint density at radius 2 is 1.89 bits per heavy atom. The van der Waals surface area contributed by atoms with Gasteiger partial charge in [-0.25, -0.2) is 4.98 Å². The number of nitriles is 1. The molecule has 194 valence electrons. The van der Waals surface area contributed by atoms with Crippen LogP contribution in [0.15, 0.2) is 43.0 Å². The number of fused-ring (bicyclic) bond motifs is 2. The van der Waals surface area contributed by atoms with Crippen LogP contribution in [-0.4, -0.2) is 64.5 Å². The molecule has 2 aromatic heterocycles. The van der Waals surface area contributed by atoms with E-state index in [1.54, 1.807) is 0 Å². The highest BCUT2D eigenvalue weighted by Gasteiger charge is 2.28. The Balaban J connectivity index is 0.00000320. The van der Waals surface area contributed by atoms with Gasteiger partial charge in [0, 0.05) is 56.9 Å². The first-order valence-electron chi connectivity index (χ1n) is 12.9. The van der Waals surface area contributed by atoms with Gasteiger partial charge >= 0.3 is 0 Å². The molecule has 0 saturated carbocycles. The molecule has 1 saturated heterocycles. The van der Waals surface area contributed by atoms with Crippen molar-refractivity contribution in [2.24, 2.45) is 0 Å². The van der Waals surface area contributed by atoms with Gasteiger partial charge in [0.1, 0.15) is 5.69 Å². The molecule has 3 aromatic rings. The molecule has 0 aliphatic carbocycles. The van der Waals surface area contributed by atoms with Gasteiger partial charge in [0.05, 0.1) is 18.0 Å². The van der Waals surface area contributed by atoms with E-state index in [-0.39, 0.29) is 18.3 Å². The molecule has 1 amide bonds. The zero-order valence-corrected chi connectivity index (χ0v) is 22.6. The number of pyridine rings is 1. The van der Waals surface area contributed by atoms with Crippen LogP contribution in [0, 0.1) is 18.3 Å². The van der Waals surface area contributed by atoms with E-state index in [0.29, 0.717) is 31.7 Å². The maximum Gasteiger partial charge on any atom is 0.272 e. The van der Waals surface area contributed by atoms with Gasteiger partial charge < -0.3 is 19.3 Å². The Morgan fingerprint density at radius 1 is 1.16 bits per heavy atom. The van der Waals surface area contributed by atoms with Crippen molar-refractivity contribution < 1.29 is 4.79 Å². The highest BCUT2D eigenvalue weighted by molar-refractivity contribution is 6.01. The summed E-state index contributed by atoms with van der Waals surface area (Å²) < 4.78 is 2.20. The number of nitrogens with zero attached hydrogens (tertiary/aromatic N) is 6. The van der Waals surface area contributed by atoms with Crippen molar-refractivity contribution in [1.29, 1.82) is 5.26 Å². The minimum atomic E-state index is -0.0247. The predicted octanol–water partition coefficient (Wildman–Crippen LogP) is 4.36. The molecule has 0 N–H and O–H groups in total. The number of amides is 1. The van der Waals surface area contributed by atoms with E-state index < -0.39 is 0 Å². The molecular weight excluding hydrogens is 484 g/mol. The van der Waals surface area contributed by atoms with Crippen LogP contribution in [0.25, 0.3) is 10.9 Å². The average Bonchev–Trinajstić information content (AvgIpc) is 3.18. The van der Waals surface area contributed by atoms with Gasteiger partial charge in [0.15, 0.2) is 5.82 Å². The summed E-state index contributed by atoms with van der Waals surface area (Å²) in [5.41, 5.74) is 6.13. The Hall–Kier alpha value is -3.34. The smallest absolute Gasteiger partial charge is 0.272 e. The normalized spacial score (nSPS) is 15.7. The molecule has 1 aromatic carbocycles. The lowest BCUT2D eigenvalue weighted by Crippen LogP contribution is -2.48. The van der Waals surface area contributed by atoms with Crippen LogP contribution in [0.4, 0.5) is 5.82 Å². The van der Waals surface area contributed by atoms with E-state index in [1.807, 2.05) is 17.0 Å². The number of carbonyl (C=O) groups excluding carboxylic acids is 1. The Kier molecular flexibility index (Phi) is 8.21. The average molecular weight is 519 g/mol. The minimum Gasteiger partial charge on any atom is -0.350 e. The number of carbonyl (C=O) groups is 1. The zero-order chi connectivity index (χ0) is 25.2. The lowest BCUT2D eigenvalue weighted by molar-refractivity contribution is 0.0638. The molecule has 0 atom stereocenters. The molecular formula is C29H35ClN6O. The molecule has 4 heterocycles. The minimum absolute atomic E-state index is 0. The van der Waals surface area contributed by atoms with E-state index in [9.17, 15) is 10.1 Å². The Bertz CT molecular complexity index is 1350. The number of hydrogen-bond donors (Lipinski definition) is 0. The fraction of sp³-hybridized carbons (Fsp3) is 0.414. The topological polar surface area (TPSA) is 68.4 Å². The molecule has 8 heteroatoms. The molecule has 2 aliphatic rings. The first-order valence-corrected chi connectivity index (χ1v) is 12.9. The SMILES string of the molecule is C=CCn1c(C)c(CC#N)c2cc(C(=O)N3CCN(CC)CC3)nc(N3CCc4ccccc4C3)c21.Cl. The van der Waals surface area contributed by atoms with Crippen molar-refractivity contribution in [3.05, 3.63) is 71.1 Å². The maximum atomic E-state index is 13.7. The fourth-order valence-corrected chi connectivity index (χ4v) is 5.64. The summed E-state index contributed by atoms with van der Waals surface area (Å²) in [4.78, 5) is 25.3. The van der Waals surface area contributed by atoms with Crippen LogP contribution in [0.3, 0.4) is 0 Å². The third kappa shape index (κ3) is 4.96. The second kappa shape index (κ2) is 11.4. The van der Waals surface area contributed by atoms with Crippen LogP contribution in [-0.2, 0) is 25.9 Å². The van der Waals surface area contributed by atoms with Crippen molar-refractivity contribution in [3.8, 4) is 6.07 Å². The van der Waals surface area contributed by atoms with Gasteiger partial charge in [-0.15, -0.1) is 19.0 Å². The van der Waals surface area contributed by atoms with Gasteiger partial charge in [0.25, 0.3) is 5.91 Å². The number of rotatable bonds is 6. The van der Waals surface area contributed by atoms with E-state index in [0.717, 1.165) is 67.1 Å². The molecule has 2 aliphatic heterocycles. The highest BCUT2D eigenvalue weighted by Crippen LogP contribution is 2.36. The predicted molar refractivity (Wildman–Crippen MR) is 150 cm³/mol. The van der Waals surface area contributed by atoms with Crippen LogP contribution in [0.5, 0.6) is 0 Å². The van der Waals surface area contributed by atoms with Crippen molar-refractivity contribution in [2.75, 3.05) is 44.2 Å². The molecule has 0 bridgehead atoms. The third-order valence-electron chi connectivity index (χ3n) is 7.73. The second-order valence-corrected chi connectivity index (χ2v) is 9.69. The fourth-order valence-electron chi connectivity index (χ4n) is 5.64. The molecule has 37 heavy (non-hydrogen) atoms. The largest absolute Gasteiger partial charge is 0.350 e. The van der Waals surface area contributed by atoms with Crippen LogP contribution >= 0.6 is 12.4 Å². The second-order valence-electron chi connectivity index (χ2n) is 9.69. The van der Waals surface area contributed by atoms with Gasteiger partial charge in [-0.05, 0) is 42.6 Å². The standard InChI is InChI=1S/C29H34N6O.ClH/c1-4-13-35-21(3)24(10-12-30)25-19-26(29(36)33-17-15-32(5-2)16-18-33)31-28(27(25)35)34-14-11-22-8-6-7-9-23(22)20-34;/h4,6-9,19H,1,5,10-11,13-18,20H2,2-3H3;1H. The maximum absolute atomic E-state index is 13.7. The van der Waals surface area contributed by atoms with Crippen molar-refractivity contribution in [2.45, 2.75) is 39.8 Å². The lowest BCUT2D eigenvalue weighted by Gasteiger charge is -2.34. The van der Waals surface area contributed by atoms with Crippen LogP contribution in [0.1, 0.15) is 39.8 Å². The lowest BCUT2D eigenvalue weighted by atomic mass is 9.99. The quantitative estimate of drug-likeness (QED) is 0.453. The molecule has 5 rings (SSSR count). The number of halogens is 1. The molecule has 0 spiro atoms. The van der Waals surface area contributed by atoms with Gasteiger partial charge in [-0.2, -0.15) is 5.26 Å². The molecule has 0 radical (unpaired) electrons. The van der Waals surface area contributed by atoms with Gasteiger partial charge in [-0.3, -0.25) is 4.79 Å². The summed E-state index contributed by atoms with van der Waals surface area (Å²) in [5.74, 6) is 0.801. The van der Waals surface area contributed by atoms with E-state index in [1.165, 1.54) is 11.1 Å². The Labute approximate surface area is 225 Å². The first kappa shape index (κ1) is 26.7. The summed E-state index contributed by atoms with van der Waals surface area (Å²) in [5, 5.41) is 10.6. The summed E-state index contributed by atoms with van der Waals surface area (Å²) in [6.07, 6.45) is 3.11. The van der Waals surface area contributed by atoms with E-state index in [4.69, 9.17) is 4.98 Å². The van der Waals surface area contributed by atoms with Gasteiger partial charge in [0.2, 0.25) is 0 Å². The van der Waals surface area contributed by atoms with Crippen molar-refractivity contribution >= 4 is 35.0 Å². The number of aromatic nitrogens is 2. The summed E-state index contributed by atoms with van der Waals surface area (Å²) in [6, 6.07) is 12.8. The number of likely N-dealkylation sites (N-methyl/N-ethyl adjacent to an activating group) is 1. The van der Waals surface area contributed by atoms with Crippen molar-refractivity contribution in [1.82, 2.24) is 19.4 Å². The molecule has 1 fully saturated rings. The number of allylic oxidation sites excluding steroid dienone is 1. The summed E-state index contributed by atoms with van der Waals surface area (Å²) in [6.45, 7) is 14.6. The molecule has 0 unspecified atom stereocenters. The molecule has 7 nitrogen and oxygen atoms in total. The number of benzene rings is 1. The van der Waals surface area contributed by atoms with Crippen LogP contribution in [0.2, 0.25) is 0 Å². The van der Waals surface area contributed by atoms with Crippen LogP contribution < -0.4 is 4.90 Å². The van der Waals surface area contributed by atoms with Gasteiger partial charge in [-0.1, -0.05) is 37.3 Å². The third-order valence-corrected chi connectivity index (χ3v) is 7.73. The number of piperazine rings is 1.